The molecule has 0 radical (unpaired) electrons. The van der Waals surface area contributed by atoms with Crippen LogP contribution in [0.1, 0.15) is 18.4 Å². The van der Waals surface area contributed by atoms with Gasteiger partial charge in [-0.05, 0) is 37.9 Å². The van der Waals surface area contributed by atoms with Crippen LogP contribution in [0.3, 0.4) is 0 Å². The second kappa shape index (κ2) is 5.27. The molecule has 2 rings (SSSR count). The quantitative estimate of drug-likeness (QED) is 0.795. The molecule has 1 aliphatic heterocycles. The molecule has 4 heteroatoms. The molecule has 0 saturated carbocycles. The Kier molecular flexibility index (Phi) is 3.74. The van der Waals surface area contributed by atoms with Crippen LogP contribution in [0.25, 0.3) is 0 Å². The molecule has 1 aromatic rings. The summed E-state index contributed by atoms with van der Waals surface area (Å²) in [7, 11) is 1.97. The van der Waals surface area contributed by atoms with E-state index in [4.69, 9.17) is 10.5 Å². The summed E-state index contributed by atoms with van der Waals surface area (Å²) >= 11 is 0. The standard InChI is InChI=1S/C12H19N3O/c1-14-11(12-3-2-6-16-12)7-9-8-15-5-4-10(9)13/h4-5,8,11-12,14H,2-3,6-7H2,1H3,(H2,13,15). The zero-order valence-electron chi connectivity index (χ0n) is 9.65. The van der Waals surface area contributed by atoms with E-state index in [0.717, 1.165) is 37.1 Å². The van der Waals surface area contributed by atoms with Gasteiger partial charge in [-0.25, -0.2) is 0 Å². The average Bonchev–Trinajstić information content (AvgIpc) is 2.81. The molecule has 1 fully saturated rings. The number of anilines is 1. The van der Waals surface area contributed by atoms with E-state index in [1.165, 1.54) is 0 Å². The Labute approximate surface area is 96.2 Å². The highest BCUT2D eigenvalue weighted by molar-refractivity contribution is 5.44. The van der Waals surface area contributed by atoms with Crippen LogP contribution in [0.5, 0.6) is 0 Å². The summed E-state index contributed by atoms with van der Waals surface area (Å²) < 4.78 is 5.69. The van der Waals surface area contributed by atoms with Crippen molar-refractivity contribution >= 4 is 5.69 Å². The number of hydrogen-bond acceptors (Lipinski definition) is 4. The minimum Gasteiger partial charge on any atom is -0.398 e. The first-order chi connectivity index (χ1) is 7.81. The predicted octanol–water partition coefficient (Wildman–Crippen LogP) is 0.973. The fraction of sp³-hybridized carbons (Fsp3) is 0.583. The van der Waals surface area contributed by atoms with Crippen molar-refractivity contribution in [2.45, 2.75) is 31.4 Å². The SMILES string of the molecule is CNC(Cc1cnccc1N)C1CCCO1. The van der Waals surface area contributed by atoms with Crippen LogP contribution in [0.2, 0.25) is 0 Å². The van der Waals surface area contributed by atoms with Crippen LogP contribution in [-0.4, -0.2) is 30.8 Å². The summed E-state index contributed by atoms with van der Waals surface area (Å²) in [6.45, 7) is 0.880. The van der Waals surface area contributed by atoms with Gasteiger partial charge in [0.25, 0.3) is 0 Å². The Hall–Kier alpha value is -1.13. The molecule has 0 aliphatic carbocycles. The highest BCUT2D eigenvalue weighted by Crippen LogP contribution is 2.20. The van der Waals surface area contributed by atoms with Gasteiger partial charge in [-0.15, -0.1) is 0 Å². The van der Waals surface area contributed by atoms with Crippen LogP contribution in [-0.2, 0) is 11.2 Å². The van der Waals surface area contributed by atoms with Crippen molar-refractivity contribution in [3.05, 3.63) is 24.0 Å². The third-order valence-corrected chi connectivity index (χ3v) is 3.17. The molecule has 1 aliphatic rings. The topological polar surface area (TPSA) is 60.2 Å². The number of nitrogen functional groups attached to an aromatic ring is 1. The normalized spacial score (nSPS) is 22.2. The highest BCUT2D eigenvalue weighted by atomic mass is 16.5. The zero-order valence-corrected chi connectivity index (χ0v) is 9.65. The average molecular weight is 221 g/mol. The second-order valence-electron chi connectivity index (χ2n) is 4.23. The summed E-state index contributed by atoms with van der Waals surface area (Å²) in [4.78, 5) is 4.11. The van der Waals surface area contributed by atoms with E-state index in [1.807, 2.05) is 19.3 Å². The first kappa shape index (κ1) is 11.4. The van der Waals surface area contributed by atoms with E-state index in [-0.39, 0.29) is 0 Å². The van der Waals surface area contributed by atoms with Gasteiger partial charge in [0.1, 0.15) is 0 Å². The number of pyridine rings is 1. The van der Waals surface area contributed by atoms with Crippen molar-refractivity contribution in [1.29, 1.82) is 0 Å². The minimum absolute atomic E-state index is 0.310. The lowest BCUT2D eigenvalue weighted by Crippen LogP contribution is -2.39. The maximum Gasteiger partial charge on any atom is 0.0732 e. The van der Waals surface area contributed by atoms with Gasteiger partial charge in [0, 0.05) is 30.7 Å². The van der Waals surface area contributed by atoms with Crippen LogP contribution < -0.4 is 11.1 Å². The lowest BCUT2D eigenvalue weighted by Gasteiger charge is -2.22. The van der Waals surface area contributed by atoms with Gasteiger partial charge in [-0.3, -0.25) is 4.98 Å². The van der Waals surface area contributed by atoms with E-state index in [9.17, 15) is 0 Å². The molecular weight excluding hydrogens is 202 g/mol. The molecule has 0 amide bonds. The number of ether oxygens (including phenoxy) is 1. The highest BCUT2D eigenvalue weighted by Gasteiger charge is 2.25. The van der Waals surface area contributed by atoms with Crippen molar-refractivity contribution in [3.8, 4) is 0 Å². The molecule has 16 heavy (non-hydrogen) atoms. The Bertz CT molecular complexity index is 337. The van der Waals surface area contributed by atoms with Gasteiger partial charge in [-0.1, -0.05) is 0 Å². The zero-order chi connectivity index (χ0) is 11.4. The summed E-state index contributed by atoms with van der Waals surface area (Å²) in [5.41, 5.74) is 7.82. The van der Waals surface area contributed by atoms with E-state index in [2.05, 4.69) is 10.3 Å². The minimum atomic E-state index is 0.310. The number of likely N-dealkylation sites (N-methyl/N-ethyl adjacent to an activating group) is 1. The Morgan fingerprint density at radius 2 is 2.56 bits per heavy atom. The van der Waals surface area contributed by atoms with E-state index in [0.29, 0.717) is 12.1 Å². The van der Waals surface area contributed by atoms with Crippen molar-refractivity contribution in [2.24, 2.45) is 0 Å². The van der Waals surface area contributed by atoms with Gasteiger partial charge in [0.05, 0.1) is 6.10 Å². The van der Waals surface area contributed by atoms with Crippen LogP contribution in [0, 0.1) is 0 Å². The largest absolute Gasteiger partial charge is 0.398 e. The summed E-state index contributed by atoms with van der Waals surface area (Å²) in [5.74, 6) is 0. The van der Waals surface area contributed by atoms with Gasteiger partial charge >= 0.3 is 0 Å². The molecule has 1 aromatic heterocycles. The van der Waals surface area contributed by atoms with Crippen molar-refractivity contribution in [2.75, 3.05) is 19.4 Å². The molecule has 2 atom stereocenters. The number of nitrogens with zero attached hydrogens (tertiary/aromatic N) is 1. The van der Waals surface area contributed by atoms with E-state index >= 15 is 0 Å². The lowest BCUT2D eigenvalue weighted by atomic mass is 10.00. The molecule has 0 bridgehead atoms. The number of nitrogens with two attached hydrogens (primary N) is 1. The molecule has 88 valence electrons. The van der Waals surface area contributed by atoms with E-state index in [1.54, 1.807) is 6.20 Å². The van der Waals surface area contributed by atoms with Crippen LogP contribution in [0.15, 0.2) is 18.5 Å². The van der Waals surface area contributed by atoms with Crippen molar-refractivity contribution < 1.29 is 4.74 Å². The first-order valence-corrected chi connectivity index (χ1v) is 5.78. The Morgan fingerprint density at radius 3 is 3.19 bits per heavy atom. The van der Waals surface area contributed by atoms with Crippen molar-refractivity contribution in [1.82, 2.24) is 10.3 Å². The molecule has 1 saturated heterocycles. The number of hydrogen-bond donors (Lipinski definition) is 2. The molecule has 4 nitrogen and oxygen atoms in total. The van der Waals surface area contributed by atoms with Gasteiger partial charge in [0.15, 0.2) is 0 Å². The number of rotatable bonds is 4. The fourth-order valence-corrected chi connectivity index (χ4v) is 2.18. The number of aromatic nitrogens is 1. The van der Waals surface area contributed by atoms with E-state index < -0.39 is 0 Å². The van der Waals surface area contributed by atoms with Crippen molar-refractivity contribution in [3.63, 3.8) is 0 Å². The monoisotopic (exact) mass is 221 g/mol. The first-order valence-electron chi connectivity index (χ1n) is 5.78. The maximum atomic E-state index is 5.91. The van der Waals surface area contributed by atoms with Gasteiger partial charge in [0.2, 0.25) is 0 Å². The molecule has 0 spiro atoms. The summed E-state index contributed by atoms with van der Waals surface area (Å²) in [5, 5.41) is 3.31. The number of nitrogens with one attached hydrogen (secondary N) is 1. The predicted molar refractivity (Wildman–Crippen MR) is 64.2 cm³/mol. The molecule has 3 N–H and O–H groups in total. The fourth-order valence-electron chi connectivity index (χ4n) is 2.18. The third-order valence-electron chi connectivity index (χ3n) is 3.17. The lowest BCUT2D eigenvalue weighted by molar-refractivity contribution is 0.0809. The Morgan fingerprint density at radius 1 is 1.69 bits per heavy atom. The van der Waals surface area contributed by atoms with Gasteiger partial charge < -0.3 is 15.8 Å². The molecule has 2 heterocycles. The molecule has 0 aromatic carbocycles. The molecule has 2 unspecified atom stereocenters. The smallest absolute Gasteiger partial charge is 0.0732 e. The van der Waals surface area contributed by atoms with Crippen LogP contribution >= 0.6 is 0 Å². The molecular formula is C12H19N3O. The van der Waals surface area contributed by atoms with Gasteiger partial charge in [-0.2, -0.15) is 0 Å². The Balaban J connectivity index is 2.03. The second-order valence-corrected chi connectivity index (χ2v) is 4.23. The summed E-state index contributed by atoms with van der Waals surface area (Å²) in [6.07, 6.45) is 7.04. The summed E-state index contributed by atoms with van der Waals surface area (Å²) in [6, 6.07) is 2.17. The third kappa shape index (κ3) is 2.51. The van der Waals surface area contributed by atoms with Crippen LogP contribution in [0.4, 0.5) is 5.69 Å². The maximum absolute atomic E-state index is 5.91.